The zero-order valence-electron chi connectivity index (χ0n) is 11.2. The van der Waals surface area contributed by atoms with E-state index >= 15 is 0 Å². The van der Waals surface area contributed by atoms with Crippen molar-refractivity contribution in [3.63, 3.8) is 0 Å². The molecule has 0 heterocycles. The summed E-state index contributed by atoms with van der Waals surface area (Å²) in [5.41, 5.74) is 5.60. The molecule has 19 heavy (non-hydrogen) atoms. The Kier molecular flexibility index (Phi) is 5.06. The third kappa shape index (κ3) is 4.37. The van der Waals surface area contributed by atoms with Crippen molar-refractivity contribution in [3.8, 4) is 0 Å². The highest BCUT2D eigenvalue weighted by Gasteiger charge is 2.30. The average molecular weight is 264 g/mol. The highest BCUT2D eigenvalue weighted by atomic mass is 16.4. The SMILES string of the molecule is CCC(C)(N)C(=O)N[C@H](Cc1ccccc1)C(=O)O. The fourth-order valence-corrected chi connectivity index (χ4v) is 1.53. The number of amides is 1. The van der Waals surface area contributed by atoms with E-state index < -0.39 is 23.5 Å². The maximum atomic E-state index is 11.9. The normalized spacial score (nSPS) is 15.3. The third-order valence-corrected chi connectivity index (χ3v) is 3.14. The maximum Gasteiger partial charge on any atom is 0.326 e. The molecule has 5 nitrogen and oxygen atoms in total. The smallest absolute Gasteiger partial charge is 0.326 e. The molecule has 2 atom stereocenters. The molecular weight excluding hydrogens is 244 g/mol. The first kappa shape index (κ1) is 15.2. The summed E-state index contributed by atoms with van der Waals surface area (Å²) in [5, 5.41) is 11.7. The Labute approximate surface area is 112 Å². The summed E-state index contributed by atoms with van der Waals surface area (Å²) in [6, 6.07) is 8.19. The van der Waals surface area contributed by atoms with Crippen LogP contribution in [0.3, 0.4) is 0 Å². The number of aliphatic carboxylic acids is 1. The first-order valence-corrected chi connectivity index (χ1v) is 6.23. The predicted octanol–water partition coefficient (Wildman–Crippen LogP) is 0.926. The number of carboxylic acids is 1. The van der Waals surface area contributed by atoms with Gasteiger partial charge in [-0.3, -0.25) is 4.79 Å². The topological polar surface area (TPSA) is 92.4 Å². The first-order valence-electron chi connectivity index (χ1n) is 6.23. The number of carbonyl (C=O) groups is 2. The van der Waals surface area contributed by atoms with Crippen LogP contribution in [-0.4, -0.2) is 28.6 Å². The van der Waals surface area contributed by atoms with Crippen LogP contribution in [0, 0.1) is 0 Å². The minimum atomic E-state index is -1.07. The van der Waals surface area contributed by atoms with E-state index in [0.29, 0.717) is 6.42 Å². The maximum absolute atomic E-state index is 11.9. The lowest BCUT2D eigenvalue weighted by molar-refractivity contribution is -0.142. The second-order valence-electron chi connectivity index (χ2n) is 4.83. The lowest BCUT2D eigenvalue weighted by Gasteiger charge is -2.24. The van der Waals surface area contributed by atoms with Crippen LogP contribution in [-0.2, 0) is 16.0 Å². The highest BCUT2D eigenvalue weighted by Crippen LogP contribution is 2.08. The Morgan fingerprint density at radius 1 is 1.37 bits per heavy atom. The molecule has 0 fully saturated rings. The Morgan fingerprint density at radius 2 is 1.95 bits per heavy atom. The molecule has 0 aliphatic rings. The molecule has 1 aromatic carbocycles. The summed E-state index contributed by atoms with van der Waals surface area (Å²) in [7, 11) is 0. The van der Waals surface area contributed by atoms with Crippen molar-refractivity contribution in [1.29, 1.82) is 0 Å². The van der Waals surface area contributed by atoms with E-state index in [9.17, 15) is 9.59 Å². The number of rotatable bonds is 6. The van der Waals surface area contributed by atoms with Crippen LogP contribution in [0.5, 0.6) is 0 Å². The monoisotopic (exact) mass is 264 g/mol. The summed E-state index contributed by atoms with van der Waals surface area (Å²) in [6.45, 7) is 3.37. The predicted molar refractivity (Wildman–Crippen MR) is 72.6 cm³/mol. The number of hydrogen-bond acceptors (Lipinski definition) is 3. The van der Waals surface area contributed by atoms with Crippen LogP contribution in [0.15, 0.2) is 30.3 Å². The zero-order valence-corrected chi connectivity index (χ0v) is 11.2. The molecule has 0 spiro atoms. The molecule has 1 aromatic rings. The van der Waals surface area contributed by atoms with Crippen LogP contribution in [0.25, 0.3) is 0 Å². The number of hydrogen-bond donors (Lipinski definition) is 3. The Hall–Kier alpha value is -1.88. The van der Waals surface area contributed by atoms with Crippen molar-refractivity contribution < 1.29 is 14.7 Å². The van der Waals surface area contributed by atoms with E-state index in [0.717, 1.165) is 5.56 Å². The molecule has 0 aliphatic carbocycles. The Balaban J connectivity index is 2.75. The molecular formula is C14H20N2O3. The Bertz CT molecular complexity index is 443. The minimum absolute atomic E-state index is 0.238. The van der Waals surface area contributed by atoms with Crippen molar-refractivity contribution >= 4 is 11.9 Å². The van der Waals surface area contributed by atoms with E-state index in [4.69, 9.17) is 10.8 Å². The fraction of sp³-hybridized carbons (Fsp3) is 0.429. The van der Waals surface area contributed by atoms with Gasteiger partial charge in [-0.2, -0.15) is 0 Å². The average Bonchev–Trinajstić information content (AvgIpc) is 2.38. The van der Waals surface area contributed by atoms with Gasteiger partial charge in [0.05, 0.1) is 5.54 Å². The summed E-state index contributed by atoms with van der Waals surface area (Å²) in [5.74, 6) is -1.51. The largest absolute Gasteiger partial charge is 0.480 e. The van der Waals surface area contributed by atoms with Crippen molar-refractivity contribution in [2.45, 2.75) is 38.3 Å². The van der Waals surface area contributed by atoms with E-state index in [-0.39, 0.29) is 6.42 Å². The highest BCUT2D eigenvalue weighted by molar-refractivity contribution is 5.89. The van der Waals surface area contributed by atoms with Gasteiger partial charge in [0.25, 0.3) is 0 Å². The van der Waals surface area contributed by atoms with Crippen molar-refractivity contribution in [1.82, 2.24) is 5.32 Å². The van der Waals surface area contributed by atoms with Crippen LogP contribution in [0.4, 0.5) is 0 Å². The van der Waals surface area contributed by atoms with Gasteiger partial charge in [0, 0.05) is 6.42 Å². The van der Waals surface area contributed by atoms with E-state index in [2.05, 4.69) is 5.32 Å². The second kappa shape index (κ2) is 6.33. The molecule has 1 rings (SSSR count). The first-order chi connectivity index (χ1) is 8.86. The molecule has 0 aliphatic heterocycles. The third-order valence-electron chi connectivity index (χ3n) is 3.14. The number of nitrogens with two attached hydrogens (primary N) is 1. The molecule has 0 aromatic heterocycles. The second-order valence-corrected chi connectivity index (χ2v) is 4.83. The number of carboxylic acid groups (broad SMARTS) is 1. The zero-order chi connectivity index (χ0) is 14.5. The summed E-state index contributed by atoms with van der Waals surface area (Å²) >= 11 is 0. The van der Waals surface area contributed by atoms with Gasteiger partial charge in [0.1, 0.15) is 6.04 Å². The summed E-state index contributed by atoms with van der Waals surface area (Å²) < 4.78 is 0. The van der Waals surface area contributed by atoms with E-state index in [1.165, 1.54) is 0 Å². The molecule has 104 valence electrons. The molecule has 1 unspecified atom stereocenters. The standard InChI is InChI=1S/C14H20N2O3/c1-3-14(2,15)13(19)16-11(12(17)18)9-10-7-5-4-6-8-10/h4-8,11H,3,9,15H2,1-2H3,(H,16,19)(H,17,18)/t11-,14?/m1/s1. The van der Waals surface area contributed by atoms with Gasteiger partial charge in [-0.05, 0) is 18.9 Å². The Morgan fingerprint density at radius 3 is 2.42 bits per heavy atom. The van der Waals surface area contributed by atoms with Gasteiger partial charge in [-0.15, -0.1) is 0 Å². The molecule has 1 amide bonds. The molecule has 0 saturated carbocycles. The van der Waals surface area contributed by atoms with Crippen molar-refractivity contribution in [2.24, 2.45) is 5.73 Å². The van der Waals surface area contributed by atoms with Crippen molar-refractivity contribution in [2.75, 3.05) is 0 Å². The van der Waals surface area contributed by atoms with Crippen LogP contribution in [0.1, 0.15) is 25.8 Å². The van der Waals surface area contributed by atoms with Gasteiger partial charge in [-0.1, -0.05) is 37.3 Å². The van der Waals surface area contributed by atoms with Gasteiger partial charge >= 0.3 is 5.97 Å². The van der Waals surface area contributed by atoms with Gasteiger partial charge in [0.2, 0.25) is 5.91 Å². The van der Waals surface area contributed by atoms with E-state index in [1.54, 1.807) is 13.8 Å². The lowest BCUT2D eigenvalue weighted by atomic mass is 9.98. The number of benzene rings is 1. The van der Waals surface area contributed by atoms with Crippen LogP contribution in [0.2, 0.25) is 0 Å². The quantitative estimate of drug-likeness (QED) is 0.712. The number of carbonyl (C=O) groups excluding carboxylic acids is 1. The minimum Gasteiger partial charge on any atom is -0.480 e. The fourth-order valence-electron chi connectivity index (χ4n) is 1.53. The van der Waals surface area contributed by atoms with Crippen LogP contribution >= 0.6 is 0 Å². The molecule has 0 saturated heterocycles. The van der Waals surface area contributed by atoms with Gasteiger partial charge < -0.3 is 16.2 Å². The summed E-state index contributed by atoms with van der Waals surface area (Å²) in [6.07, 6.45) is 0.679. The van der Waals surface area contributed by atoms with E-state index in [1.807, 2.05) is 30.3 Å². The molecule has 5 heteroatoms. The van der Waals surface area contributed by atoms with Gasteiger partial charge in [-0.25, -0.2) is 4.79 Å². The molecule has 4 N–H and O–H groups in total. The van der Waals surface area contributed by atoms with Gasteiger partial charge in [0.15, 0.2) is 0 Å². The lowest BCUT2D eigenvalue weighted by Crippen LogP contribution is -2.55. The summed E-state index contributed by atoms with van der Waals surface area (Å²) in [4.78, 5) is 23.1. The molecule has 0 bridgehead atoms. The van der Waals surface area contributed by atoms with Crippen LogP contribution < -0.4 is 11.1 Å². The van der Waals surface area contributed by atoms with Crippen molar-refractivity contribution in [3.05, 3.63) is 35.9 Å². The molecule has 0 radical (unpaired) electrons. The number of nitrogens with one attached hydrogen (secondary N) is 1.